The van der Waals surface area contributed by atoms with Gasteiger partial charge in [-0.1, -0.05) is 12.8 Å². The van der Waals surface area contributed by atoms with Crippen LogP contribution < -0.4 is 0 Å². The summed E-state index contributed by atoms with van der Waals surface area (Å²) in [5.74, 6) is 3.38. The van der Waals surface area contributed by atoms with Crippen molar-refractivity contribution in [3.63, 3.8) is 0 Å². The highest BCUT2D eigenvalue weighted by Crippen LogP contribution is 2.65. The van der Waals surface area contributed by atoms with Gasteiger partial charge in [0.1, 0.15) is 11.2 Å². The van der Waals surface area contributed by atoms with E-state index in [1.165, 1.54) is 6.08 Å². The zero-order valence-electron chi connectivity index (χ0n) is 14.0. The number of allylic oxidation sites excluding steroid dienone is 2. The van der Waals surface area contributed by atoms with E-state index in [9.17, 15) is 15.2 Å². The van der Waals surface area contributed by atoms with Crippen molar-refractivity contribution in [3.8, 4) is 12.3 Å². The van der Waals surface area contributed by atoms with E-state index < -0.39 is 11.2 Å². The van der Waals surface area contributed by atoms with Gasteiger partial charge in [0, 0.05) is 11.3 Å². The van der Waals surface area contributed by atoms with E-state index in [2.05, 4.69) is 12.8 Å². The van der Waals surface area contributed by atoms with Crippen LogP contribution in [0, 0.1) is 35.5 Å². The van der Waals surface area contributed by atoms with Crippen LogP contribution in [0.25, 0.3) is 0 Å². The molecule has 0 heterocycles. The van der Waals surface area contributed by atoms with Crippen molar-refractivity contribution in [3.05, 3.63) is 23.8 Å². The van der Waals surface area contributed by atoms with Crippen LogP contribution in [0.3, 0.4) is 0 Å². The molecular weight excluding hydrogens is 304 g/mol. The molecule has 4 heteroatoms. The number of ketones is 1. The molecule has 6 atom stereocenters. The normalized spacial score (nSPS) is 49.7. The highest BCUT2D eigenvalue weighted by Gasteiger charge is 2.64. The summed E-state index contributed by atoms with van der Waals surface area (Å²) in [6.45, 7) is 2.12. The van der Waals surface area contributed by atoms with Crippen molar-refractivity contribution < 1.29 is 20.0 Å². The first kappa shape index (κ1) is 16.1. The molecule has 4 rings (SSSR count). The molecule has 3 saturated carbocycles. The SMILES string of the molecule is C#CC1(O)CC[C@H]2[C@@H]3CCC4=CC(=O)C=CC4(OO)[C@H]3CC[C@@]21C. The van der Waals surface area contributed by atoms with Crippen molar-refractivity contribution in [1.82, 2.24) is 0 Å². The predicted octanol–water partition coefficient (Wildman–Crippen LogP) is 2.88. The van der Waals surface area contributed by atoms with Crippen molar-refractivity contribution in [2.45, 2.75) is 56.7 Å². The minimum atomic E-state index is -1.04. The summed E-state index contributed by atoms with van der Waals surface area (Å²) < 4.78 is 0. The van der Waals surface area contributed by atoms with E-state index in [1.807, 2.05) is 0 Å². The van der Waals surface area contributed by atoms with Gasteiger partial charge in [0.2, 0.25) is 0 Å². The number of aliphatic hydroxyl groups is 1. The molecule has 0 aromatic heterocycles. The van der Waals surface area contributed by atoms with Crippen LogP contribution >= 0.6 is 0 Å². The lowest BCUT2D eigenvalue weighted by Gasteiger charge is -2.56. The molecule has 4 aliphatic carbocycles. The molecule has 0 aliphatic heterocycles. The van der Waals surface area contributed by atoms with E-state index in [1.54, 1.807) is 12.2 Å². The Hall–Kier alpha value is -1.41. The second-order valence-corrected chi connectivity index (χ2v) is 8.20. The molecular formula is C20H24O4. The molecule has 2 N–H and O–H groups in total. The van der Waals surface area contributed by atoms with Gasteiger partial charge in [0.05, 0.1) is 0 Å². The Balaban J connectivity index is 1.74. The Morgan fingerprint density at radius 2 is 2.04 bits per heavy atom. The highest BCUT2D eigenvalue weighted by atomic mass is 17.1. The summed E-state index contributed by atoms with van der Waals surface area (Å²) >= 11 is 0. The van der Waals surface area contributed by atoms with Crippen LogP contribution in [0.5, 0.6) is 0 Å². The molecule has 0 aromatic carbocycles. The van der Waals surface area contributed by atoms with E-state index in [4.69, 9.17) is 11.3 Å². The molecule has 3 fully saturated rings. The minimum Gasteiger partial charge on any atom is -0.377 e. The zero-order valence-corrected chi connectivity index (χ0v) is 14.0. The fourth-order valence-electron chi connectivity index (χ4n) is 6.23. The summed E-state index contributed by atoms with van der Waals surface area (Å²) in [7, 11) is 0. The largest absolute Gasteiger partial charge is 0.377 e. The number of carbonyl (C=O) groups excluding carboxylic acids is 1. The molecule has 0 bridgehead atoms. The molecule has 0 aromatic rings. The van der Waals surface area contributed by atoms with Gasteiger partial charge in [-0.3, -0.25) is 10.1 Å². The van der Waals surface area contributed by atoms with Crippen molar-refractivity contribution in [1.29, 1.82) is 0 Å². The van der Waals surface area contributed by atoms with Gasteiger partial charge in [-0.2, -0.15) is 0 Å². The molecule has 0 radical (unpaired) electrons. The van der Waals surface area contributed by atoms with Crippen LogP contribution in [0.1, 0.15) is 45.4 Å². The maximum absolute atomic E-state index is 11.7. The molecule has 4 nitrogen and oxygen atoms in total. The van der Waals surface area contributed by atoms with Crippen LogP contribution in [-0.4, -0.2) is 27.3 Å². The first-order chi connectivity index (χ1) is 11.4. The van der Waals surface area contributed by atoms with Crippen LogP contribution in [-0.2, 0) is 9.68 Å². The number of fused-ring (bicyclic) bond motifs is 5. The Kier molecular flexibility index (Phi) is 3.38. The average Bonchev–Trinajstić information content (AvgIpc) is 2.86. The third-order valence-corrected chi connectivity index (χ3v) is 7.59. The molecule has 2 unspecified atom stereocenters. The van der Waals surface area contributed by atoms with E-state index >= 15 is 0 Å². The molecule has 0 saturated heterocycles. The van der Waals surface area contributed by atoms with Gasteiger partial charge in [0.25, 0.3) is 0 Å². The Labute approximate surface area is 142 Å². The van der Waals surface area contributed by atoms with Gasteiger partial charge < -0.3 is 5.11 Å². The Morgan fingerprint density at radius 1 is 1.29 bits per heavy atom. The van der Waals surface area contributed by atoms with Gasteiger partial charge in [-0.15, -0.1) is 6.42 Å². The lowest BCUT2D eigenvalue weighted by Crippen LogP contribution is -2.57. The standard InChI is InChI=1S/C20H24O4/c1-3-19(22)10-8-16-15-5-4-13-12-14(21)6-11-20(13,24-23)17(15)7-9-18(16,19)2/h1,6,11-12,15-17,22-23H,4-5,7-10H2,2H3/t15-,16-,17-,18-,19?,20?/m0/s1. The van der Waals surface area contributed by atoms with Crippen molar-refractivity contribution >= 4 is 5.78 Å². The predicted molar refractivity (Wildman–Crippen MR) is 88.7 cm³/mol. The molecule has 4 aliphatic rings. The monoisotopic (exact) mass is 328 g/mol. The molecule has 128 valence electrons. The molecule has 0 spiro atoms. The Morgan fingerprint density at radius 3 is 2.75 bits per heavy atom. The van der Waals surface area contributed by atoms with E-state index in [0.717, 1.165) is 37.7 Å². The van der Waals surface area contributed by atoms with Gasteiger partial charge >= 0.3 is 0 Å². The average molecular weight is 328 g/mol. The van der Waals surface area contributed by atoms with Crippen LogP contribution in [0.15, 0.2) is 23.8 Å². The second-order valence-electron chi connectivity index (χ2n) is 8.20. The Bertz CT molecular complexity index is 686. The van der Waals surface area contributed by atoms with E-state index in [0.29, 0.717) is 18.3 Å². The molecule has 24 heavy (non-hydrogen) atoms. The van der Waals surface area contributed by atoms with Crippen molar-refractivity contribution in [2.75, 3.05) is 0 Å². The fraction of sp³-hybridized carbons (Fsp3) is 0.650. The van der Waals surface area contributed by atoms with Gasteiger partial charge in [0.15, 0.2) is 5.78 Å². The second kappa shape index (κ2) is 5.05. The lowest BCUT2D eigenvalue weighted by molar-refractivity contribution is -0.323. The highest BCUT2D eigenvalue weighted by molar-refractivity contribution is 6.01. The van der Waals surface area contributed by atoms with Crippen molar-refractivity contribution in [2.24, 2.45) is 23.2 Å². The summed E-state index contributed by atoms with van der Waals surface area (Å²) in [6, 6.07) is 0. The topological polar surface area (TPSA) is 66.8 Å². The summed E-state index contributed by atoms with van der Waals surface area (Å²) in [5, 5.41) is 20.7. The quantitative estimate of drug-likeness (QED) is 0.441. The first-order valence-electron chi connectivity index (χ1n) is 8.87. The van der Waals surface area contributed by atoms with Crippen LogP contribution in [0.2, 0.25) is 0 Å². The smallest absolute Gasteiger partial charge is 0.178 e. The van der Waals surface area contributed by atoms with Gasteiger partial charge in [-0.25, -0.2) is 4.89 Å². The summed E-state index contributed by atoms with van der Waals surface area (Å²) in [5.41, 5.74) is -1.32. The van der Waals surface area contributed by atoms with E-state index in [-0.39, 0.29) is 17.1 Å². The van der Waals surface area contributed by atoms with Crippen LogP contribution in [0.4, 0.5) is 0 Å². The number of carbonyl (C=O) groups is 1. The third-order valence-electron chi connectivity index (χ3n) is 7.59. The fourth-order valence-corrected chi connectivity index (χ4v) is 6.23. The zero-order chi connectivity index (χ0) is 17.2. The number of hydrogen-bond donors (Lipinski definition) is 2. The number of rotatable bonds is 1. The maximum Gasteiger partial charge on any atom is 0.178 e. The number of terminal acetylenes is 1. The lowest BCUT2D eigenvalue weighted by atomic mass is 9.50. The summed E-state index contributed by atoms with van der Waals surface area (Å²) in [6.07, 6.45) is 15.4. The maximum atomic E-state index is 11.7. The molecule has 0 amide bonds. The van der Waals surface area contributed by atoms with Gasteiger partial charge in [-0.05, 0) is 74.2 Å². The first-order valence-corrected chi connectivity index (χ1v) is 8.87. The third kappa shape index (κ3) is 1.78. The minimum absolute atomic E-state index is 0.0423. The summed E-state index contributed by atoms with van der Waals surface area (Å²) in [4.78, 5) is 16.8. The number of hydrogen-bond acceptors (Lipinski definition) is 4.